The van der Waals surface area contributed by atoms with E-state index in [9.17, 15) is 4.79 Å². The lowest BCUT2D eigenvalue weighted by molar-refractivity contribution is 0.0948. The molecule has 1 aromatic heterocycles. The van der Waals surface area contributed by atoms with Crippen LogP contribution in [0.2, 0.25) is 5.02 Å². The van der Waals surface area contributed by atoms with Crippen LogP contribution in [0.4, 0.5) is 11.5 Å². The van der Waals surface area contributed by atoms with Gasteiger partial charge in [0.2, 0.25) is 0 Å². The average Bonchev–Trinajstić information content (AvgIpc) is 2.65. The molecule has 0 radical (unpaired) electrons. The van der Waals surface area contributed by atoms with Crippen molar-refractivity contribution in [2.24, 2.45) is 0 Å². The molecule has 3 rings (SSSR count). The zero-order chi connectivity index (χ0) is 17.5. The molecule has 2 aromatic rings. The van der Waals surface area contributed by atoms with Gasteiger partial charge in [-0.2, -0.15) is 0 Å². The number of benzene rings is 1. The molecule has 1 amide bonds. The van der Waals surface area contributed by atoms with E-state index in [-0.39, 0.29) is 5.91 Å². The number of hydrogen-bond acceptors (Lipinski definition) is 4. The minimum absolute atomic E-state index is 0.193. The number of rotatable bonds is 6. The number of anilines is 2. The van der Waals surface area contributed by atoms with Crippen molar-refractivity contribution in [3.8, 4) is 0 Å². The van der Waals surface area contributed by atoms with Crippen LogP contribution in [0.1, 0.15) is 42.6 Å². The van der Waals surface area contributed by atoms with E-state index in [0.717, 1.165) is 24.9 Å². The molecular formula is C19H21ClN4O. The summed E-state index contributed by atoms with van der Waals surface area (Å²) in [6.45, 7) is 0.636. The van der Waals surface area contributed by atoms with Gasteiger partial charge < -0.3 is 10.6 Å². The molecule has 6 heteroatoms. The van der Waals surface area contributed by atoms with Crippen LogP contribution in [-0.2, 0) is 0 Å². The summed E-state index contributed by atoms with van der Waals surface area (Å²) in [7, 11) is 0. The van der Waals surface area contributed by atoms with E-state index in [4.69, 9.17) is 11.6 Å². The number of allylic oxidation sites excluding steroid dienone is 1. The number of carbonyl (C=O) groups excluding carboxylic acids is 1. The minimum atomic E-state index is -0.193. The van der Waals surface area contributed by atoms with Crippen molar-refractivity contribution < 1.29 is 4.79 Å². The van der Waals surface area contributed by atoms with E-state index in [1.807, 2.05) is 12.1 Å². The predicted molar refractivity (Wildman–Crippen MR) is 100 cm³/mol. The molecule has 25 heavy (non-hydrogen) atoms. The number of nitrogens with one attached hydrogen (secondary N) is 2. The van der Waals surface area contributed by atoms with E-state index in [2.05, 4.69) is 26.7 Å². The van der Waals surface area contributed by atoms with E-state index < -0.39 is 0 Å². The molecule has 5 nitrogen and oxygen atoms in total. The van der Waals surface area contributed by atoms with E-state index in [0.29, 0.717) is 23.1 Å². The smallest absolute Gasteiger partial charge is 0.271 e. The number of carbonyl (C=O) groups is 1. The Bertz CT molecular complexity index is 741. The fraction of sp³-hybridized carbons (Fsp3) is 0.316. The van der Waals surface area contributed by atoms with Gasteiger partial charge >= 0.3 is 0 Å². The molecular weight excluding hydrogens is 336 g/mol. The quantitative estimate of drug-likeness (QED) is 0.748. The summed E-state index contributed by atoms with van der Waals surface area (Å²) in [5.41, 5.74) is 2.62. The molecule has 2 N–H and O–H groups in total. The third-order valence-corrected chi connectivity index (χ3v) is 4.37. The normalized spacial score (nSPS) is 13.9. The maximum Gasteiger partial charge on any atom is 0.271 e. The third kappa shape index (κ3) is 5.29. The third-order valence-electron chi connectivity index (χ3n) is 4.12. The second-order valence-electron chi connectivity index (χ2n) is 6.03. The zero-order valence-electron chi connectivity index (χ0n) is 14.0. The van der Waals surface area contributed by atoms with Crippen molar-refractivity contribution in [1.29, 1.82) is 0 Å². The molecule has 0 atom stereocenters. The van der Waals surface area contributed by atoms with Gasteiger partial charge in [-0.1, -0.05) is 23.3 Å². The van der Waals surface area contributed by atoms with E-state index in [1.54, 1.807) is 18.3 Å². The lowest BCUT2D eigenvalue weighted by Gasteiger charge is -2.12. The summed E-state index contributed by atoms with van der Waals surface area (Å²) in [5, 5.41) is 6.69. The molecule has 0 spiro atoms. The Morgan fingerprint density at radius 3 is 2.64 bits per heavy atom. The molecule has 0 fully saturated rings. The van der Waals surface area contributed by atoms with E-state index in [1.165, 1.54) is 24.6 Å². The Hall–Kier alpha value is -2.40. The van der Waals surface area contributed by atoms with Gasteiger partial charge in [-0.3, -0.25) is 4.79 Å². The Morgan fingerprint density at radius 1 is 1.12 bits per heavy atom. The number of aromatic nitrogens is 2. The van der Waals surface area contributed by atoms with Crippen LogP contribution in [0.25, 0.3) is 0 Å². The molecule has 0 saturated heterocycles. The molecule has 130 valence electrons. The first kappa shape index (κ1) is 17.4. The van der Waals surface area contributed by atoms with Gasteiger partial charge in [0.15, 0.2) is 0 Å². The number of halogens is 1. The van der Waals surface area contributed by atoms with Crippen LogP contribution in [-0.4, -0.2) is 22.4 Å². The fourth-order valence-electron chi connectivity index (χ4n) is 2.75. The van der Waals surface area contributed by atoms with Crippen molar-refractivity contribution in [2.75, 3.05) is 11.9 Å². The number of amides is 1. The Balaban J connectivity index is 1.49. The first-order valence-electron chi connectivity index (χ1n) is 8.51. The highest BCUT2D eigenvalue weighted by molar-refractivity contribution is 6.30. The second-order valence-corrected chi connectivity index (χ2v) is 6.47. The van der Waals surface area contributed by atoms with Gasteiger partial charge in [0.25, 0.3) is 5.91 Å². The Kier molecular flexibility index (Phi) is 6.01. The number of hydrogen-bond donors (Lipinski definition) is 2. The Morgan fingerprint density at radius 2 is 1.96 bits per heavy atom. The summed E-state index contributed by atoms with van der Waals surface area (Å²) in [4.78, 5) is 20.5. The van der Waals surface area contributed by atoms with E-state index >= 15 is 0 Å². The molecule has 1 aliphatic rings. The minimum Gasteiger partial charge on any atom is -0.350 e. The highest BCUT2D eigenvalue weighted by atomic mass is 35.5. The first-order chi connectivity index (χ1) is 12.2. The average molecular weight is 357 g/mol. The maximum atomic E-state index is 12.1. The van der Waals surface area contributed by atoms with Crippen molar-refractivity contribution in [2.45, 2.75) is 32.1 Å². The van der Waals surface area contributed by atoms with Crippen molar-refractivity contribution >= 4 is 29.0 Å². The van der Waals surface area contributed by atoms with Gasteiger partial charge in [-0.05, 0) is 56.4 Å². The van der Waals surface area contributed by atoms with Gasteiger partial charge in [-0.15, -0.1) is 0 Å². The zero-order valence-corrected chi connectivity index (χ0v) is 14.7. The van der Waals surface area contributed by atoms with Crippen LogP contribution in [0.5, 0.6) is 0 Å². The van der Waals surface area contributed by atoms with Gasteiger partial charge in [0, 0.05) is 17.3 Å². The summed E-state index contributed by atoms with van der Waals surface area (Å²) < 4.78 is 0. The van der Waals surface area contributed by atoms with Crippen molar-refractivity contribution in [1.82, 2.24) is 15.3 Å². The summed E-state index contributed by atoms with van der Waals surface area (Å²) in [5.74, 6) is 0.383. The fourth-order valence-corrected chi connectivity index (χ4v) is 2.88. The highest BCUT2D eigenvalue weighted by Gasteiger charge is 2.09. The van der Waals surface area contributed by atoms with Crippen molar-refractivity contribution in [3.05, 3.63) is 59.0 Å². The molecule has 0 bridgehead atoms. The summed E-state index contributed by atoms with van der Waals surface area (Å²) in [6, 6.07) is 7.29. The molecule has 1 aromatic carbocycles. The molecule has 1 aliphatic carbocycles. The first-order valence-corrected chi connectivity index (χ1v) is 8.89. The van der Waals surface area contributed by atoms with Crippen LogP contribution < -0.4 is 10.6 Å². The summed E-state index contributed by atoms with van der Waals surface area (Å²) in [6.07, 6.45) is 11.1. The molecule has 0 unspecified atom stereocenters. The largest absolute Gasteiger partial charge is 0.350 e. The predicted octanol–water partition coefficient (Wildman–Crippen LogP) is 4.49. The lowest BCUT2D eigenvalue weighted by Crippen LogP contribution is -2.26. The van der Waals surface area contributed by atoms with Crippen LogP contribution in [0, 0.1) is 0 Å². The van der Waals surface area contributed by atoms with Crippen LogP contribution in [0.3, 0.4) is 0 Å². The van der Waals surface area contributed by atoms with Gasteiger partial charge in [-0.25, -0.2) is 9.97 Å². The SMILES string of the molecule is O=C(NCCC1=CCCCC1)c1cnc(Nc2ccc(Cl)cc2)cn1. The molecule has 0 saturated carbocycles. The van der Waals surface area contributed by atoms with Gasteiger partial charge in [0.05, 0.1) is 12.4 Å². The topological polar surface area (TPSA) is 66.9 Å². The Labute approximate surface area is 152 Å². The number of nitrogens with zero attached hydrogens (tertiary/aromatic N) is 2. The molecule has 0 aliphatic heterocycles. The second kappa shape index (κ2) is 8.62. The van der Waals surface area contributed by atoms with Crippen LogP contribution in [0.15, 0.2) is 48.3 Å². The highest BCUT2D eigenvalue weighted by Crippen LogP contribution is 2.19. The van der Waals surface area contributed by atoms with Gasteiger partial charge in [0.1, 0.15) is 11.5 Å². The van der Waals surface area contributed by atoms with Crippen molar-refractivity contribution in [3.63, 3.8) is 0 Å². The maximum absolute atomic E-state index is 12.1. The summed E-state index contributed by atoms with van der Waals surface area (Å²) >= 11 is 5.86. The standard InChI is InChI=1S/C19H21ClN4O/c20-15-6-8-16(9-7-15)24-18-13-22-17(12-23-18)19(25)21-11-10-14-4-2-1-3-5-14/h4,6-9,12-13H,1-3,5,10-11H2,(H,21,25)(H,23,24). The monoisotopic (exact) mass is 356 g/mol. The molecule has 1 heterocycles. The van der Waals surface area contributed by atoms with Crippen LogP contribution >= 0.6 is 11.6 Å². The lowest BCUT2D eigenvalue weighted by atomic mass is 9.97.